The van der Waals surface area contributed by atoms with Gasteiger partial charge in [-0.15, -0.1) is 0 Å². The van der Waals surface area contributed by atoms with Crippen molar-refractivity contribution in [3.05, 3.63) is 0 Å². The molecule has 0 aromatic heterocycles. The van der Waals surface area contributed by atoms with E-state index in [0.29, 0.717) is 0 Å². The minimum absolute atomic E-state index is 1.05. The summed E-state index contributed by atoms with van der Waals surface area (Å²) in [5, 5.41) is 0. The van der Waals surface area contributed by atoms with Crippen LogP contribution in [-0.2, 0) is 0 Å². The SMILES string of the molecule is CC1CCC(C)[C@@H]2CCC12. The van der Waals surface area contributed by atoms with Crippen LogP contribution < -0.4 is 0 Å². The molecular formula is C10H18. The lowest BCUT2D eigenvalue weighted by molar-refractivity contribution is 0.0173. The molecule has 2 saturated carbocycles. The fourth-order valence-electron chi connectivity index (χ4n) is 2.92. The van der Waals surface area contributed by atoms with E-state index in [-0.39, 0.29) is 0 Å². The molecule has 0 nitrogen and oxygen atoms in total. The van der Waals surface area contributed by atoms with Crippen LogP contribution in [0, 0.1) is 23.7 Å². The maximum Gasteiger partial charge on any atom is -0.0357 e. The van der Waals surface area contributed by atoms with E-state index >= 15 is 0 Å². The van der Waals surface area contributed by atoms with Crippen molar-refractivity contribution >= 4 is 0 Å². The molecule has 0 amide bonds. The first-order chi connectivity index (χ1) is 4.79. The van der Waals surface area contributed by atoms with Gasteiger partial charge in [0.25, 0.3) is 0 Å². The van der Waals surface area contributed by atoms with E-state index in [1.807, 2.05) is 0 Å². The minimum Gasteiger partial charge on any atom is -0.0622 e. The Morgan fingerprint density at radius 3 is 1.40 bits per heavy atom. The van der Waals surface area contributed by atoms with Gasteiger partial charge in [0.15, 0.2) is 0 Å². The van der Waals surface area contributed by atoms with Crippen LogP contribution in [0.5, 0.6) is 0 Å². The third-order valence-electron chi connectivity index (χ3n) is 3.92. The first-order valence-corrected chi connectivity index (χ1v) is 4.79. The second kappa shape index (κ2) is 2.25. The molecule has 0 N–H and O–H groups in total. The summed E-state index contributed by atoms with van der Waals surface area (Å²) in [7, 11) is 0. The van der Waals surface area contributed by atoms with Crippen LogP contribution >= 0.6 is 0 Å². The molecule has 2 rings (SSSR count). The van der Waals surface area contributed by atoms with Crippen molar-refractivity contribution in [2.75, 3.05) is 0 Å². The van der Waals surface area contributed by atoms with Gasteiger partial charge in [0, 0.05) is 0 Å². The fourth-order valence-corrected chi connectivity index (χ4v) is 2.92. The van der Waals surface area contributed by atoms with Crippen LogP contribution in [0.15, 0.2) is 0 Å². The van der Waals surface area contributed by atoms with E-state index in [1.54, 1.807) is 0 Å². The molecule has 0 aliphatic heterocycles. The Labute approximate surface area is 64.0 Å². The van der Waals surface area contributed by atoms with E-state index in [9.17, 15) is 0 Å². The molecule has 58 valence electrons. The molecule has 0 aromatic rings. The largest absolute Gasteiger partial charge is 0.0622 e. The molecule has 0 saturated heterocycles. The maximum atomic E-state index is 2.45. The summed E-state index contributed by atoms with van der Waals surface area (Å²) < 4.78 is 0. The lowest BCUT2D eigenvalue weighted by atomic mass is 9.57. The summed E-state index contributed by atoms with van der Waals surface area (Å²) in [4.78, 5) is 0. The smallest absolute Gasteiger partial charge is 0.0357 e. The van der Waals surface area contributed by atoms with Crippen LogP contribution in [0.3, 0.4) is 0 Å². The third kappa shape index (κ3) is 0.810. The zero-order valence-corrected chi connectivity index (χ0v) is 7.14. The highest BCUT2D eigenvalue weighted by Gasteiger charge is 2.40. The quantitative estimate of drug-likeness (QED) is 0.482. The highest BCUT2D eigenvalue weighted by Crippen LogP contribution is 2.50. The number of fused-ring (bicyclic) bond motifs is 1. The van der Waals surface area contributed by atoms with Gasteiger partial charge in [-0.25, -0.2) is 0 Å². The van der Waals surface area contributed by atoms with Gasteiger partial charge in [0.1, 0.15) is 0 Å². The summed E-state index contributed by atoms with van der Waals surface area (Å²) in [6.45, 7) is 4.89. The molecule has 4 atom stereocenters. The maximum absolute atomic E-state index is 2.45. The molecule has 10 heavy (non-hydrogen) atoms. The lowest BCUT2D eigenvalue weighted by Crippen LogP contribution is -2.39. The van der Waals surface area contributed by atoms with E-state index < -0.39 is 0 Å². The van der Waals surface area contributed by atoms with Crippen LogP contribution in [0.2, 0.25) is 0 Å². The molecular weight excluding hydrogens is 120 g/mol. The van der Waals surface area contributed by atoms with E-state index in [4.69, 9.17) is 0 Å². The van der Waals surface area contributed by atoms with Gasteiger partial charge in [-0.2, -0.15) is 0 Å². The average molecular weight is 138 g/mol. The van der Waals surface area contributed by atoms with Gasteiger partial charge in [0.2, 0.25) is 0 Å². The Morgan fingerprint density at radius 1 is 0.700 bits per heavy atom. The summed E-state index contributed by atoms with van der Waals surface area (Å²) in [6, 6.07) is 0. The second-order valence-electron chi connectivity index (χ2n) is 4.44. The average Bonchev–Trinajstić information content (AvgIpc) is 1.78. The third-order valence-corrected chi connectivity index (χ3v) is 3.92. The number of hydrogen-bond donors (Lipinski definition) is 0. The van der Waals surface area contributed by atoms with Crippen LogP contribution in [-0.4, -0.2) is 0 Å². The van der Waals surface area contributed by atoms with Crippen molar-refractivity contribution in [3.8, 4) is 0 Å². The van der Waals surface area contributed by atoms with Crippen molar-refractivity contribution in [2.24, 2.45) is 23.7 Å². The number of rotatable bonds is 0. The predicted octanol–water partition coefficient (Wildman–Crippen LogP) is 3.08. The predicted molar refractivity (Wildman–Crippen MR) is 43.8 cm³/mol. The topological polar surface area (TPSA) is 0 Å². The zero-order valence-electron chi connectivity index (χ0n) is 7.14. The summed E-state index contributed by atoms with van der Waals surface area (Å²) >= 11 is 0. The van der Waals surface area contributed by atoms with Crippen LogP contribution in [0.1, 0.15) is 39.5 Å². The fraction of sp³-hybridized carbons (Fsp3) is 1.00. The Morgan fingerprint density at radius 2 is 1.10 bits per heavy atom. The highest BCUT2D eigenvalue weighted by atomic mass is 14.5. The second-order valence-corrected chi connectivity index (χ2v) is 4.44. The molecule has 0 heterocycles. The van der Waals surface area contributed by atoms with Crippen LogP contribution in [0.25, 0.3) is 0 Å². The Hall–Kier alpha value is 0. The Balaban J connectivity index is 2.02. The van der Waals surface area contributed by atoms with Crippen molar-refractivity contribution in [1.29, 1.82) is 0 Å². The molecule has 0 heteroatoms. The van der Waals surface area contributed by atoms with Crippen molar-refractivity contribution in [2.45, 2.75) is 39.5 Å². The molecule has 0 radical (unpaired) electrons. The van der Waals surface area contributed by atoms with Gasteiger partial charge < -0.3 is 0 Å². The molecule has 2 fully saturated rings. The summed E-state index contributed by atoms with van der Waals surface area (Å²) in [6.07, 6.45) is 6.08. The first-order valence-electron chi connectivity index (χ1n) is 4.79. The van der Waals surface area contributed by atoms with Gasteiger partial charge >= 0.3 is 0 Å². The van der Waals surface area contributed by atoms with E-state index in [0.717, 1.165) is 23.7 Å². The monoisotopic (exact) mass is 138 g/mol. The molecule has 0 spiro atoms. The first kappa shape index (κ1) is 6.69. The van der Waals surface area contributed by atoms with Crippen molar-refractivity contribution < 1.29 is 0 Å². The number of hydrogen-bond acceptors (Lipinski definition) is 0. The van der Waals surface area contributed by atoms with Crippen LogP contribution in [0.4, 0.5) is 0 Å². The molecule has 3 unspecified atom stereocenters. The molecule has 0 aromatic carbocycles. The van der Waals surface area contributed by atoms with Gasteiger partial charge in [0.05, 0.1) is 0 Å². The van der Waals surface area contributed by atoms with Crippen molar-refractivity contribution in [3.63, 3.8) is 0 Å². The molecule has 2 aliphatic rings. The summed E-state index contributed by atoms with van der Waals surface area (Å²) in [5.74, 6) is 4.36. The van der Waals surface area contributed by atoms with Gasteiger partial charge in [-0.3, -0.25) is 0 Å². The van der Waals surface area contributed by atoms with E-state index in [1.165, 1.54) is 25.7 Å². The minimum atomic E-state index is 1.05. The normalized spacial score (nSPS) is 53.4. The summed E-state index contributed by atoms with van der Waals surface area (Å²) in [5.41, 5.74) is 0. The van der Waals surface area contributed by atoms with Gasteiger partial charge in [-0.1, -0.05) is 26.7 Å². The molecule has 0 bridgehead atoms. The Kier molecular flexibility index (Phi) is 1.51. The van der Waals surface area contributed by atoms with Crippen molar-refractivity contribution in [1.82, 2.24) is 0 Å². The lowest BCUT2D eigenvalue weighted by Gasteiger charge is -2.48. The molecule has 2 aliphatic carbocycles. The zero-order chi connectivity index (χ0) is 7.14. The highest BCUT2D eigenvalue weighted by molar-refractivity contribution is 4.90. The Bertz CT molecular complexity index is 112. The van der Waals surface area contributed by atoms with Gasteiger partial charge in [-0.05, 0) is 36.5 Å². The van der Waals surface area contributed by atoms with E-state index in [2.05, 4.69) is 13.8 Å². The standard InChI is InChI=1S/C10H18/c1-7-3-4-8(2)10-6-5-9(7)10/h7-10H,3-6H2,1-2H3/t7?,8?,9-,10?/m0/s1.